The number of rotatable bonds is 3. The number of benzene rings is 2. The summed E-state index contributed by atoms with van der Waals surface area (Å²) in [6.45, 7) is 2.24. The zero-order chi connectivity index (χ0) is 20.2. The van der Waals surface area contributed by atoms with Crippen molar-refractivity contribution in [2.75, 3.05) is 6.61 Å². The number of aromatic amines is 1. The van der Waals surface area contributed by atoms with Crippen LogP contribution in [0.2, 0.25) is 0 Å². The van der Waals surface area contributed by atoms with Crippen LogP contribution in [0.5, 0.6) is 0 Å². The molecule has 0 radical (unpaired) electrons. The van der Waals surface area contributed by atoms with Gasteiger partial charge in [0, 0.05) is 23.0 Å². The van der Waals surface area contributed by atoms with Gasteiger partial charge in [-0.15, -0.1) is 5.10 Å². The number of carbonyl (C=O) groups is 1. The van der Waals surface area contributed by atoms with Crippen LogP contribution in [-0.4, -0.2) is 43.5 Å². The van der Waals surface area contributed by atoms with Crippen LogP contribution in [0.15, 0.2) is 48.5 Å². The minimum atomic E-state index is -0.336. The van der Waals surface area contributed by atoms with E-state index in [0.717, 1.165) is 29.4 Å². The molecule has 7 nitrogen and oxygen atoms in total. The summed E-state index contributed by atoms with van der Waals surface area (Å²) in [4.78, 5) is 19.0. The summed E-state index contributed by atoms with van der Waals surface area (Å²) in [5, 5.41) is 10.0. The first-order chi connectivity index (χ1) is 14.8. The topological polar surface area (TPSA) is 76.0 Å². The highest BCUT2D eigenvalue weighted by Crippen LogP contribution is 2.49. The molecule has 4 aromatic rings. The first-order valence-electron chi connectivity index (χ1n) is 10.6. The van der Waals surface area contributed by atoms with Gasteiger partial charge in [0.1, 0.15) is 17.7 Å². The zero-order valence-electron chi connectivity index (χ0n) is 16.8. The summed E-state index contributed by atoms with van der Waals surface area (Å²) in [5.41, 5.74) is 5.46. The number of carbonyl (C=O) groups excluding carboxylic acids is 1. The molecule has 4 heterocycles. The molecule has 1 N–H and O–H groups in total. The van der Waals surface area contributed by atoms with Crippen LogP contribution in [0.25, 0.3) is 21.9 Å². The molecular weight excluding hydrogens is 378 g/mol. The van der Waals surface area contributed by atoms with Gasteiger partial charge in [0.05, 0.1) is 18.2 Å². The Balaban J connectivity index is 1.50. The average Bonchev–Trinajstić information content (AvgIpc) is 3.47. The van der Waals surface area contributed by atoms with Crippen LogP contribution in [0.1, 0.15) is 43.2 Å². The summed E-state index contributed by atoms with van der Waals surface area (Å²) in [6, 6.07) is 16.1. The Bertz CT molecular complexity index is 1260. The molecular formula is C23H23N5O2. The molecule has 3 unspecified atom stereocenters. The first-order valence-corrected chi connectivity index (χ1v) is 10.6. The Labute approximate surface area is 173 Å². The van der Waals surface area contributed by atoms with Gasteiger partial charge in [0.15, 0.2) is 0 Å². The van der Waals surface area contributed by atoms with Crippen molar-refractivity contribution >= 4 is 27.9 Å². The highest BCUT2D eigenvalue weighted by molar-refractivity contribution is 5.87. The van der Waals surface area contributed by atoms with Crippen molar-refractivity contribution in [3.63, 3.8) is 0 Å². The number of aromatic nitrogens is 4. The highest BCUT2D eigenvalue weighted by Gasteiger charge is 2.48. The van der Waals surface area contributed by atoms with E-state index in [1.165, 1.54) is 16.6 Å². The van der Waals surface area contributed by atoms with Crippen LogP contribution >= 0.6 is 0 Å². The van der Waals surface area contributed by atoms with E-state index in [2.05, 4.69) is 38.4 Å². The molecule has 30 heavy (non-hydrogen) atoms. The molecule has 7 heteroatoms. The lowest BCUT2D eigenvalue weighted by atomic mass is 9.92. The number of hydrogen-bond acceptors (Lipinski definition) is 5. The number of hydrogen-bond donors (Lipinski definition) is 1. The number of nitrogens with one attached hydrogen (secondary N) is 1. The monoisotopic (exact) mass is 401 g/mol. The summed E-state index contributed by atoms with van der Waals surface area (Å²) >= 11 is 0. The highest BCUT2D eigenvalue weighted by atomic mass is 16.5. The van der Waals surface area contributed by atoms with Gasteiger partial charge in [-0.1, -0.05) is 35.5 Å². The molecule has 0 aliphatic carbocycles. The van der Waals surface area contributed by atoms with E-state index in [4.69, 9.17) is 4.74 Å². The molecule has 0 spiro atoms. The fourth-order valence-electron chi connectivity index (χ4n) is 5.35. The molecule has 0 bridgehead atoms. The van der Waals surface area contributed by atoms with Crippen molar-refractivity contribution in [2.24, 2.45) is 0 Å². The van der Waals surface area contributed by atoms with Gasteiger partial charge in [-0.2, -0.15) is 0 Å². The Kier molecular flexibility index (Phi) is 3.92. The van der Waals surface area contributed by atoms with Gasteiger partial charge in [-0.05, 0) is 43.5 Å². The van der Waals surface area contributed by atoms with Crippen molar-refractivity contribution in [3.05, 3.63) is 59.8 Å². The smallest absolute Gasteiger partial charge is 0.323 e. The van der Waals surface area contributed by atoms with E-state index in [9.17, 15) is 4.79 Å². The molecule has 2 aromatic heterocycles. The number of ether oxygens (including phenoxy) is 1. The van der Waals surface area contributed by atoms with Crippen LogP contribution in [0.4, 0.5) is 0 Å². The summed E-state index contributed by atoms with van der Waals surface area (Å²) < 4.78 is 7.49. The van der Waals surface area contributed by atoms with E-state index in [1.807, 2.05) is 41.9 Å². The standard InChI is InChI=1S/C23H23N5O2/c1-2-30-23(29)20-13-15-14-7-3-4-8-16(14)24-22(15)19-11-12-21(27(19)20)28-18-10-6-5-9-17(18)25-26-28/h3-10,19-21,24H,2,11-13H2,1H3. The third-order valence-corrected chi connectivity index (χ3v) is 6.56. The lowest BCUT2D eigenvalue weighted by Crippen LogP contribution is -2.48. The lowest BCUT2D eigenvalue weighted by Gasteiger charge is -2.39. The fourth-order valence-corrected chi connectivity index (χ4v) is 5.35. The number of H-pyrrole nitrogens is 1. The molecule has 152 valence electrons. The molecule has 1 fully saturated rings. The molecule has 2 aliphatic heterocycles. The van der Waals surface area contributed by atoms with Gasteiger partial charge in [-0.25, -0.2) is 4.68 Å². The van der Waals surface area contributed by atoms with Crippen molar-refractivity contribution < 1.29 is 9.53 Å². The van der Waals surface area contributed by atoms with Gasteiger partial charge in [0.25, 0.3) is 0 Å². The molecule has 3 atom stereocenters. The summed E-state index contributed by atoms with van der Waals surface area (Å²) in [5.74, 6) is -0.158. The van der Waals surface area contributed by atoms with Crippen LogP contribution in [-0.2, 0) is 16.0 Å². The minimum absolute atomic E-state index is 0.0311. The molecule has 2 aliphatic rings. The van der Waals surface area contributed by atoms with Gasteiger partial charge in [-0.3, -0.25) is 9.69 Å². The Morgan fingerprint density at radius 2 is 2.00 bits per heavy atom. The lowest BCUT2D eigenvalue weighted by molar-refractivity contribution is -0.152. The van der Waals surface area contributed by atoms with E-state index >= 15 is 0 Å². The van der Waals surface area contributed by atoms with E-state index in [1.54, 1.807) is 0 Å². The third kappa shape index (κ3) is 2.45. The van der Waals surface area contributed by atoms with Crippen LogP contribution < -0.4 is 0 Å². The fraction of sp³-hybridized carbons (Fsp3) is 0.348. The summed E-state index contributed by atoms with van der Waals surface area (Å²) in [6.07, 6.45) is 2.46. The second kappa shape index (κ2) is 6.67. The van der Waals surface area contributed by atoms with Gasteiger partial charge in [0.2, 0.25) is 0 Å². The molecule has 2 aromatic carbocycles. The number of para-hydroxylation sites is 2. The quantitative estimate of drug-likeness (QED) is 0.529. The summed E-state index contributed by atoms with van der Waals surface area (Å²) in [7, 11) is 0. The third-order valence-electron chi connectivity index (χ3n) is 6.56. The Morgan fingerprint density at radius 1 is 1.17 bits per heavy atom. The number of nitrogens with zero attached hydrogens (tertiary/aromatic N) is 4. The molecule has 6 rings (SSSR count). The maximum Gasteiger partial charge on any atom is 0.323 e. The Morgan fingerprint density at radius 3 is 2.90 bits per heavy atom. The molecule has 1 saturated heterocycles. The zero-order valence-corrected chi connectivity index (χ0v) is 16.8. The maximum absolute atomic E-state index is 13.1. The van der Waals surface area contributed by atoms with Crippen molar-refractivity contribution in [1.82, 2.24) is 24.9 Å². The number of esters is 1. The van der Waals surface area contributed by atoms with Crippen molar-refractivity contribution in [2.45, 2.75) is 44.4 Å². The average molecular weight is 401 g/mol. The second-order valence-electron chi connectivity index (χ2n) is 8.08. The van der Waals surface area contributed by atoms with Gasteiger partial charge < -0.3 is 9.72 Å². The Hall–Kier alpha value is -3.19. The van der Waals surface area contributed by atoms with Crippen molar-refractivity contribution in [3.8, 4) is 0 Å². The minimum Gasteiger partial charge on any atom is -0.465 e. The largest absolute Gasteiger partial charge is 0.465 e. The van der Waals surface area contributed by atoms with Crippen LogP contribution in [0.3, 0.4) is 0 Å². The van der Waals surface area contributed by atoms with E-state index < -0.39 is 0 Å². The van der Waals surface area contributed by atoms with E-state index in [-0.39, 0.29) is 24.2 Å². The van der Waals surface area contributed by atoms with E-state index in [0.29, 0.717) is 13.0 Å². The molecule has 0 saturated carbocycles. The predicted octanol–water partition coefficient (Wildman–Crippen LogP) is 3.74. The predicted molar refractivity (Wildman–Crippen MR) is 113 cm³/mol. The normalized spacial score (nSPS) is 23.6. The maximum atomic E-state index is 13.1. The SMILES string of the molecule is CCOC(=O)C1Cc2c([nH]c3ccccc23)C2CCC(n3nnc4ccccc43)N12. The van der Waals surface area contributed by atoms with Crippen LogP contribution in [0, 0.1) is 0 Å². The van der Waals surface area contributed by atoms with Gasteiger partial charge >= 0.3 is 5.97 Å². The number of fused-ring (bicyclic) bond motifs is 6. The van der Waals surface area contributed by atoms with Crippen molar-refractivity contribution in [1.29, 1.82) is 0 Å². The second-order valence-corrected chi connectivity index (χ2v) is 8.08. The molecule has 0 amide bonds. The first kappa shape index (κ1) is 17.7.